The summed E-state index contributed by atoms with van der Waals surface area (Å²) in [6.45, 7) is 8.11. The first kappa shape index (κ1) is 19.9. The zero-order valence-electron chi connectivity index (χ0n) is 13.7. The van der Waals surface area contributed by atoms with Gasteiger partial charge in [0.25, 0.3) is 0 Å². The van der Waals surface area contributed by atoms with Crippen molar-refractivity contribution in [3.8, 4) is 0 Å². The number of carbonyl (C=O) groups is 1. The number of amides is 1. The fourth-order valence-electron chi connectivity index (χ4n) is 2.80. The van der Waals surface area contributed by atoms with Gasteiger partial charge < -0.3 is 15.5 Å². The standard InChI is InChI=1S/C15H28N4OS.HI/c1-3-16-14(18-12-15(2)7-6-10-21-15)17-11-13(20)19-8-4-5-9-19;/h3-12H2,1-2H3,(H2,16,17,18);1H. The zero-order chi connectivity index (χ0) is 15.1. The summed E-state index contributed by atoms with van der Waals surface area (Å²) in [5.74, 6) is 2.16. The maximum Gasteiger partial charge on any atom is 0.244 e. The van der Waals surface area contributed by atoms with Gasteiger partial charge in [-0.05, 0) is 45.3 Å². The summed E-state index contributed by atoms with van der Waals surface area (Å²) in [6, 6.07) is 0. The summed E-state index contributed by atoms with van der Waals surface area (Å²) in [4.78, 5) is 18.4. The van der Waals surface area contributed by atoms with E-state index in [1.165, 1.54) is 18.6 Å². The van der Waals surface area contributed by atoms with Crippen molar-refractivity contribution in [2.24, 2.45) is 4.99 Å². The van der Waals surface area contributed by atoms with E-state index in [1.54, 1.807) is 0 Å². The van der Waals surface area contributed by atoms with Crippen molar-refractivity contribution in [3.05, 3.63) is 0 Å². The molecular weight excluding hydrogens is 411 g/mol. The van der Waals surface area contributed by atoms with Crippen LogP contribution in [0.4, 0.5) is 0 Å². The average Bonchev–Trinajstić information content (AvgIpc) is 3.13. The molecule has 1 unspecified atom stereocenters. The number of hydrogen-bond donors (Lipinski definition) is 2. The first-order valence-corrected chi connectivity index (χ1v) is 9.05. The van der Waals surface area contributed by atoms with Gasteiger partial charge in [-0.25, -0.2) is 4.99 Å². The minimum Gasteiger partial charge on any atom is -0.357 e. The van der Waals surface area contributed by atoms with Gasteiger partial charge in [0.2, 0.25) is 5.91 Å². The topological polar surface area (TPSA) is 56.7 Å². The summed E-state index contributed by atoms with van der Waals surface area (Å²) in [5.41, 5.74) is 0. The van der Waals surface area contributed by atoms with E-state index >= 15 is 0 Å². The molecule has 0 spiro atoms. The van der Waals surface area contributed by atoms with Crippen LogP contribution >= 0.6 is 35.7 Å². The molecule has 0 aliphatic carbocycles. The minimum absolute atomic E-state index is 0. The quantitative estimate of drug-likeness (QED) is 0.391. The van der Waals surface area contributed by atoms with E-state index in [4.69, 9.17) is 0 Å². The van der Waals surface area contributed by atoms with Crippen LogP contribution in [0.2, 0.25) is 0 Å². The van der Waals surface area contributed by atoms with Crippen LogP contribution in [0.15, 0.2) is 4.99 Å². The predicted molar refractivity (Wildman–Crippen MR) is 105 cm³/mol. The van der Waals surface area contributed by atoms with Crippen molar-refractivity contribution < 1.29 is 4.79 Å². The Kier molecular flexibility index (Phi) is 8.89. The van der Waals surface area contributed by atoms with Crippen LogP contribution in [0.25, 0.3) is 0 Å². The van der Waals surface area contributed by atoms with E-state index in [0.29, 0.717) is 4.75 Å². The Bertz CT molecular complexity index is 380. The summed E-state index contributed by atoms with van der Waals surface area (Å²) < 4.78 is 0.301. The summed E-state index contributed by atoms with van der Waals surface area (Å²) in [5, 5.41) is 6.62. The molecule has 128 valence electrons. The Morgan fingerprint density at radius 3 is 2.59 bits per heavy atom. The van der Waals surface area contributed by atoms with Crippen LogP contribution in [-0.4, -0.2) is 60.0 Å². The lowest BCUT2D eigenvalue weighted by Gasteiger charge is -2.24. The van der Waals surface area contributed by atoms with Gasteiger partial charge in [0.05, 0.1) is 0 Å². The number of nitrogens with one attached hydrogen (secondary N) is 2. The molecule has 1 amide bonds. The van der Waals surface area contributed by atoms with Gasteiger partial charge in [-0.1, -0.05) is 0 Å². The molecule has 0 aromatic rings. The molecule has 2 heterocycles. The largest absolute Gasteiger partial charge is 0.357 e. The third-order valence-electron chi connectivity index (χ3n) is 4.11. The van der Waals surface area contributed by atoms with Crippen LogP contribution < -0.4 is 10.6 Å². The maximum atomic E-state index is 12.0. The van der Waals surface area contributed by atoms with Gasteiger partial charge in [0, 0.05) is 30.9 Å². The van der Waals surface area contributed by atoms with E-state index in [9.17, 15) is 4.79 Å². The molecule has 0 saturated carbocycles. The average molecular weight is 440 g/mol. The Balaban J connectivity index is 0.00000242. The number of likely N-dealkylation sites (tertiary alicyclic amines) is 1. The normalized spacial score (nSPS) is 25.0. The monoisotopic (exact) mass is 440 g/mol. The molecule has 2 aliphatic heterocycles. The van der Waals surface area contributed by atoms with E-state index in [0.717, 1.165) is 45.0 Å². The first-order chi connectivity index (χ1) is 10.1. The van der Waals surface area contributed by atoms with E-state index in [2.05, 4.69) is 22.5 Å². The highest BCUT2D eigenvalue weighted by atomic mass is 127. The molecule has 0 aromatic carbocycles. The number of thioether (sulfide) groups is 1. The zero-order valence-corrected chi connectivity index (χ0v) is 16.8. The molecule has 2 N–H and O–H groups in total. The van der Waals surface area contributed by atoms with Crippen LogP contribution in [0.3, 0.4) is 0 Å². The Hall–Kier alpha value is -0.180. The highest BCUT2D eigenvalue weighted by Crippen LogP contribution is 2.36. The van der Waals surface area contributed by atoms with E-state index in [-0.39, 0.29) is 36.4 Å². The molecule has 2 aliphatic rings. The number of guanidine groups is 1. The van der Waals surface area contributed by atoms with Crippen molar-refractivity contribution >= 4 is 47.6 Å². The van der Waals surface area contributed by atoms with E-state index in [1.807, 2.05) is 23.6 Å². The third-order valence-corrected chi connectivity index (χ3v) is 5.64. The molecule has 0 radical (unpaired) electrons. The van der Waals surface area contributed by atoms with Crippen molar-refractivity contribution in [1.82, 2.24) is 15.5 Å². The van der Waals surface area contributed by atoms with Gasteiger partial charge in [0.1, 0.15) is 6.54 Å². The summed E-state index contributed by atoms with van der Waals surface area (Å²) in [7, 11) is 0. The number of nitrogens with zero attached hydrogens (tertiary/aromatic N) is 2. The lowest BCUT2D eigenvalue weighted by molar-refractivity contribution is -0.128. The van der Waals surface area contributed by atoms with Crippen molar-refractivity contribution in [2.75, 3.05) is 38.5 Å². The van der Waals surface area contributed by atoms with Crippen LogP contribution in [0.1, 0.15) is 39.5 Å². The minimum atomic E-state index is 0. The number of hydrogen-bond acceptors (Lipinski definition) is 3. The molecule has 1 atom stereocenters. The molecule has 7 heteroatoms. The fourth-order valence-corrected chi connectivity index (χ4v) is 4.05. The summed E-state index contributed by atoms with van der Waals surface area (Å²) >= 11 is 2.03. The molecule has 0 bridgehead atoms. The van der Waals surface area contributed by atoms with Gasteiger partial charge >= 0.3 is 0 Å². The molecule has 5 nitrogen and oxygen atoms in total. The van der Waals surface area contributed by atoms with Crippen LogP contribution in [0.5, 0.6) is 0 Å². The van der Waals surface area contributed by atoms with Crippen molar-refractivity contribution in [3.63, 3.8) is 0 Å². The molecule has 2 fully saturated rings. The lowest BCUT2D eigenvalue weighted by Crippen LogP contribution is -2.44. The molecular formula is C15H29IN4OS. The van der Waals surface area contributed by atoms with Gasteiger partial charge in [-0.15, -0.1) is 24.0 Å². The van der Waals surface area contributed by atoms with Crippen LogP contribution in [-0.2, 0) is 4.79 Å². The second-order valence-electron chi connectivity index (χ2n) is 6.04. The second kappa shape index (κ2) is 9.85. The van der Waals surface area contributed by atoms with Gasteiger partial charge in [-0.3, -0.25) is 4.79 Å². The van der Waals surface area contributed by atoms with Crippen molar-refractivity contribution in [1.29, 1.82) is 0 Å². The van der Waals surface area contributed by atoms with Gasteiger partial charge in [0.15, 0.2) is 5.96 Å². The number of carbonyl (C=O) groups excluding carboxylic acids is 1. The number of halogens is 1. The molecule has 2 saturated heterocycles. The predicted octanol–water partition coefficient (Wildman–Crippen LogP) is 2.07. The number of rotatable bonds is 5. The Morgan fingerprint density at radius 1 is 1.27 bits per heavy atom. The van der Waals surface area contributed by atoms with Crippen LogP contribution in [0, 0.1) is 0 Å². The fraction of sp³-hybridized carbons (Fsp3) is 0.867. The lowest BCUT2D eigenvalue weighted by atomic mass is 10.1. The smallest absolute Gasteiger partial charge is 0.244 e. The second-order valence-corrected chi connectivity index (χ2v) is 7.72. The van der Waals surface area contributed by atoms with Gasteiger partial charge in [-0.2, -0.15) is 11.8 Å². The van der Waals surface area contributed by atoms with Crippen molar-refractivity contribution in [2.45, 2.75) is 44.3 Å². The highest BCUT2D eigenvalue weighted by molar-refractivity contribution is 14.0. The molecule has 22 heavy (non-hydrogen) atoms. The SMILES string of the molecule is CCNC(=NCC(=O)N1CCCC1)NCC1(C)CCCS1.I. The highest BCUT2D eigenvalue weighted by Gasteiger charge is 2.29. The molecule has 0 aromatic heterocycles. The number of aliphatic imine (C=N–C) groups is 1. The molecule has 2 rings (SSSR count). The third kappa shape index (κ3) is 6.14. The first-order valence-electron chi connectivity index (χ1n) is 8.07. The summed E-state index contributed by atoms with van der Waals surface area (Å²) in [6.07, 6.45) is 4.80. The Morgan fingerprint density at radius 2 is 2.00 bits per heavy atom. The Labute approximate surface area is 155 Å². The van der Waals surface area contributed by atoms with E-state index < -0.39 is 0 Å². The maximum absolute atomic E-state index is 12.0.